The molecule has 21 heteroatoms. The van der Waals surface area contributed by atoms with Gasteiger partial charge in [0, 0.05) is 105 Å². The molecule has 0 aliphatic carbocycles. The quantitative estimate of drug-likeness (QED) is 0.0325. The number of nitrogens with zero attached hydrogens (tertiary/aromatic N) is 10. The molecule has 1 atom stereocenters. The van der Waals surface area contributed by atoms with Gasteiger partial charge in [0.15, 0.2) is 10.7 Å². The number of carbonyl (C=O) groups excluding carboxylic acids is 4. The summed E-state index contributed by atoms with van der Waals surface area (Å²) in [6, 6.07) is 40.8. The zero-order valence-electron chi connectivity index (χ0n) is 51.9. The number of aliphatic hydroxyl groups is 1. The predicted molar refractivity (Wildman–Crippen MR) is 351 cm³/mol. The fraction of sp³-hybridized carbons (Fsp3) is 0.282. The molecule has 0 radical (unpaired) electrons. The minimum atomic E-state index is -1.94. The van der Waals surface area contributed by atoms with Crippen LogP contribution in [0.25, 0.3) is 32.5 Å². The monoisotopic (exact) mass is 1250 g/mol. The minimum Gasteiger partial charge on any atom is -0.458 e. The van der Waals surface area contributed by atoms with Crippen molar-refractivity contribution in [2.45, 2.75) is 112 Å². The lowest BCUT2D eigenvalue weighted by atomic mass is 9.86. The van der Waals surface area contributed by atoms with Crippen LogP contribution in [0.1, 0.15) is 114 Å². The van der Waals surface area contributed by atoms with Gasteiger partial charge in [-0.25, -0.2) is 24.4 Å². The highest BCUT2D eigenvalue weighted by Crippen LogP contribution is 2.42. The SMILES string of the molecule is CCc1c2c(nc3ccc(OC(=O)c4ccc(NC(=O)NCCCN(C(=O)C(C)(C)C)c5nc6c(CN(Cc7ccccn7)Cc7ccccn7)ccc(CN(Cc7ccccn7)Cc7ccccn7)c6s5)cc4)cc13)-c1cc3c(c(=O)n1C2)COC(=O)[C@]3(O)CC. The van der Waals surface area contributed by atoms with E-state index in [0.29, 0.717) is 85.6 Å². The van der Waals surface area contributed by atoms with Crippen LogP contribution in [0.3, 0.4) is 0 Å². The summed E-state index contributed by atoms with van der Waals surface area (Å²) < 4.78 is 13.7. The van der Waals surface area contributed by atoms with Gasteiger partial charge in [-0.3, -0.25) is 44.2 Å². The summed E-state index contributed by atoms with van der Waals surface area (Å²) in [6.07, 6.45) is 8.24. The first-order valence-electron chi connectivity index (χ1n) is 30.8. The molecule has 3 aromatic carbocycles. The Morgan fingerprint density at radius 1 is 0.717 bits per heavy atom. The Hall–Kier alpha value is -9.93. The number of carbonyl (C=O) groups is 4. The number of nitrogens with one attached hydrogen (secondary N) is 2. The van der Waals surface area contributed by atoms with Crippen molar-refractivity contribution in [3.63, 3.8) is 0 Å². The Bertz CT molecular complexity index is 4230. The summed E-state index contributed by atoms with van der Waals surface area (Å²) in [4.78, 5) is 104. The van der Waals surface area contributed by atoms with Crippen LogP contribution >= 0.6 is 11.3 Å². The van der Waals surface area contributed by atoms with E-state index in [4.69, 9.17) is 19.4 Å². The number of fused-ring (bicyclic) bond motifs is 6. The van der Waals surface area contributed by atoms with Crippen molar-refractivity contribution in [3.05, 3.63) is 230 Å². The molecule has 3 amide bonds. The van der Waals surface area contributed by atoms with Crippen LogP contribution in [-0.4, -0.2) is 86.3 Å². The third-order valence-corrected chi connectivity index (χ3v) is 17.8. The lowest BCUT2D eigenvalue weighted by Crippen LogP contribution is -2.44. The first-order chi connectivity index (χ1) is 44.5. The molecule has 0 saturated heterocycles. The lowest BCUT2D eigenvalue weighted by molar-refractivity contribution is -0.172. The summed E-state index contributed by atoms with van der Waals surface area (Å²) in [6.45, 7) is 13.2. The summed E-state index contributed by atoms with van der Waals surface area (Å²) in [5.74, 6) is -1.21. The summed E-state index contributed by atoms with van der Waals surface area (Å²) >= 11 is 1.49. The van der Waals surface area contributed by atoms with E-state index in [1.165, 1.54) is 11.3 Å². The number of aromatic nitrogens is 7. The molecule has 20 nitrogen and oxygen atoms in total. The van der Waals surface area contributed by atoms with Crippen LogP contribution in [0.2, 0.25) is 0 Å². The molecule has 10 aromatic rings. The van der Waals surface area contributed by atoms with Crippen LogP contribution in [-0.2, 0) is 78.8 Å². The number of amides is 3. The molecule has 0 fully saturated rings. The van der Waals surface area contributed by atoms with Crippen molar-refractivity contribution in [1.29, 1.82) is 0 Å². The zero-order valence-corrected chi connectivity index (χ0v) is 52.7. The number of esters is 2. The normalized spacial score (nSPS) is 14.2. The van der Waals surface area contributed by atoms with Gasteiger partial charge in [-0.2, -0.15) is 0 Å². The van der Waals surface area contributed by atoms with Gasteiger partial charge >= 0.3 is 18.0 Å². The average Bonchev–Trinajstić information content (AvgIpc) is 1.49. The van der Waals surface area contributed by atoms with E-state index in [2.05, 4.69) is 52.5 Å². The number of hydrogen-bond acceptors (Lipinski definition) is 17. The molecule has 0 spiro atoms. The van der Waals surface area contributed by atoms with E-state index in [1.807, 2.05) is 100 Å². The maximum atomic E-state index is 14.6. The van der Waals surface area contributed by atoms with Gasteiger partial charge in [-0.1, -0.05) is 82.4 Å². The number of pyridine rings is 6. The van der Waals surface area contributed by atoms with Gasteiger partial charge in [0.05, 0.1) is 67.6 Å². The molecule has 0 unspecified atom stereocenters. The summed E-state index contributed by atoms with van der Waals surface area (Å²) in [5.41, 5.74) is 8.12. The Kier molecular flexibility index (Phi) is 18.2. The highest BCUT2D eigenvalue weighted by Gasteiger charge is 2.45. The predicted octanol–water partition coefficient (Wildman–Crippen LogP) is 11.0. The number of thiazole rings is 1. The number of aryl methyl sites for hydroxylation is 1. The van der Waals surface area contributed by atoms with Gasteiger partial charge in [-0.15, -0.1) is 0 Å². The molecule has 12 rings (SSSR count). The van der Waals surface area contributed by atoms with E-state index in [0.717, 1.165) is 60.6 Å². The number of rotatable bonds is 22. The average molecular weight is 1250 g/mol. The maximum Gasteiger partial charge on any atom is 0.343 e. The van der Waals surface area contributed by atoms with Crippen molar-refractivity contribution in [3.8, 4) is 17.1 Å². The molecule has 468 valence electrons. The molecule has 3 N–H and O–H groups in total. The van der Waals surface area contributed by atoms with E-state index in [9.17, 15) is 29.1 Å². The van der Waals surface area contributed by atoms with Gasteiger partial charge in [0.1, 0.15) is 12.4 Å². The standard InChI is InChI=1S/C71H70N12O8S/c1-6-54-55-35-53(27-28-59(55)78-62-56(54)43-83-60(62)36-58-57(64(83)84)44-90-67(87)71(58,89)7-2)91-65(85)45-23-25-48(26-24-45)77-68(88)76-33-16-34-82(66(86)70(3,4)5)69-79-61-46(37-80(39-49-17-8-12-29-72-49)40-50-18-9-13-30-73-50)21-22-47(63(61)92-69)38-81(41-51-19-10-14-31-74-51)42-52-20-11-15-32-75-52/h8-15,17-32,35-36,89H,6-7,16,33-34,37-44H2,1-5H3,(H2,76,77,88)/t71-/m0/s1. The molecule has 2 aliphatic rings. The Morgan fingerprint density at radius 2 is 1.32 bits per heavy atom. The molecule has 0 saturated carbocycles. The van der Waals surface area contributed by atoms with Crippen LogP contribution in [0.4, 0.5) is 15.6 Å². The van der Waals surface area contributed by atoms with Crippen LogP contribution in [0, 0.1) is 5.41 Å². The number of cyclic esters (lactones) is 1. The van der Waals surface area contributed by atoms with Crippen LogP contribution < -0.4 is 25.8 Å². The van der Waals surface area contributed by atoms with Gasteiger partial charge in [0.2, 0.25) is 5.91 Å². The largest absolute Gasteiger partial charge is 0.458 e. The van der Waals surface area contributed by atoms with Crippen LogP contribution in [0.15, 0.2) is 163 Å². The number of ether oxygens (including phenoxy) is 2. The fourth-order valence-corrected chi connectivity index (χ4v) is 13.1. The third-order valence-electron chi connectivity index (χ3n) is 16.6. The first kappa shape index (κ1) is 62.3. The topological polar surface area (TPSA) is 240 Å². The molecular weight excluding hydrogens is 1180 g/mol. The second kappa shape index (κ2) is 26.9. The van der Waals surface area contributed by atoms with Crippen molar-refractivity contribution in [1.82, 2.24) is 49.6 Å². The zero-order chi connectivity index (χ0) is 64.1. The highest BCUT2D eigenvalue weighted by atomic mass is 32.1. The van der Waals surface area contributed by atoms with Crippen molar-refractivity contribution < 1.29 is 33.8 Å². The third kappa shape index (κ3) is 13.4. The number of urea groups is 1. The van der Waals surface area contributed by atoms with Gasteiger partial charge in [0.25, 0.3) is 5.56 Å². The van der Waals surface area contributed by atoms with Gasteiger partial charge in [-0.05, 0) is 133 Å². The second-order valence-corrected chi connectivity index (χ2v) is 25.1. The van der Waals surface area contributed by atoms with Crippen molar-refractivity contribution >= 4 is 67.2 Å². The van der Waals surface area contributed by atoms with Crippen LogP contribution in [0.5, 0.6) is 5.75 Å². The number of hydrogen-bond donors (Lipinski definition) is 3. The lowest BCUT2D eigenvalue weighted by Gasteiger charge is -2.31. The first-order valence-corrected chi connectivity index (χ1v) is 31.6. The smallest absolute Gasteiger partial charge is 0.343 e. The number of anilines is 2. The van der Waals surface area contributed by atoms with E-state index < -0.39 is 29.0 Å². The number of benzene rings is 3. The molecule has 9 heterocycles. The Morgan fingerprint density at radius 3 is 1.88 bits per heavy atom. The maximum absolute atomic E-state index is 14.6. The Labute approximate surface area is 536 Å². The van der Waals surface area contributed by atoms with E-state index in [-0.39, 0.29) is 60.8 Å². The summed E-state index contributed by atoms with van der Waals surface area (Å²) in [7, 11) is 0. The second-order valence-electron chi connectivity index (χ2n) is 24.1. The fourth-order valence-electron chi connectivity index (χ4n) is 11.9. The molecule has 0 bridgehead atoms. The molecule has 7 aromatic heterocycles. The molecule has 2 aliphatic heterocycles. The van der Waals surface area contributed by atoms with E-state index in [1.54, 1.807) is 89.7 Å². The molecular formula is C71H70N12O8S. The molecule has 92 heavy (non-hydrogen) atoms. The van der Waals surface area contributed by atoms with Crippen molar-refractivity contribution in [2.75, 3.05) is 23.3 Å². The Balaban J connectivity index is 0.737. The van der Waals surface area contributed by atoms with Gasteiger partial charge < -0.3 is 29.8 Å². The minimum absolute atomic E-state index is 0.0389. The highest BCUT2D eigenvalue weighted by molar-refractivity contribution is 7.22. The summed E-state index contributed by atoms with van der Waals surface area (Å²) in [5, 5.41) is 18.5. The van der Waals surface area contributed by atoms with E-state index >= 15 is 0 Å². The van der Waals surface area contributed by atoms with Crippen molar-refractivity contribution in [2.24, 2.45) is 5.41 Å².